The highest BCUT2D eigenvalue weighted by molar-refractivity contribution is 5.50. The van der Waals surface area contributed by atoms with Crippen LogP contribution in [0.4, 0.5) is 0 Å². The number of fused-ring (bicyclic) bond motifs is 2. The van der Waals surface area contributed by atoms with Crippen LogP contribution < -0.4 is 14.8 Å². The van der Waals surface area contributed by atoms with E-state index in [2.05, 4.69) is 41.7 Å². The maximum Gasteiger partial charge on any atom is 0.231 e. The van der Waals surface area contributed by atoms with E-state index in [-0.39, 0.29) is 0 Å². The summed E-state index contributed by atoms with van der Waals surface area (Å²) in [5.74, 6) is 2.15. The van der Waals surface area contributed by atoms with Crippen molar-refractivity contribution >= 4 is 0 Å². The predicted molar refractivity (Wildman–Crippen MR) is 77.3 cm³/mol. The van der Waals surface area contributed by atoms with E-state index in [1.807, 2.05) is 13.1 Å². The van der Waals surface area contributed by atoms with E-state index in [1.165, 1.54) is 16.7 Å². The molecular formula is C17H17NO2. The van der Waals surface area contributed by atoms with E-state index < -0.39 is 0 Å². The van der Waals surface area contributed by atoms with Gasteiger partial charge in [-0.15, -0.1) is 0 Å². The molecule has 20 heavy (non-hydrogen) atoms. The van der Waals surface area contributed by atoms with Crippen molar-refractivity contribution in [3.05, 3.63) is 59.2 Å². The molecule has 0 bridgehead atoms. The predicted octanol–water partition coefficient (Wildman–Crippen LogP) is 3.21. The molecule has 0 unspecified atom stereocenters. The Morgan fingerprint density at radius 3 is 2.65 bits per heavy atom. The molecule has 0 fully saturated rings. The van der Waals surface area contributed by atoms with Gasteiger partial charge in [-0.3, -0.25) is 0 Å². The molecule has 0 amide bonds. The molecule has 102 valence electrons. The van der Waals surface area contributed by atoms with Gasteiger partial charge in [0.25, 0.3) is 0 Å². The van der Waals surface area contributed by atoms with E-state index in [1.54, 1.807) is 0 Å². The molecule has 1 N–H and O–H groups in total. The van der Waals surface area contributed by atoms with Gasteiger partial charge in [0, 0.05) is 12.0 Å². The number of hydrogen-bond acceptors (Lipinski definition) is 3. The largest absolute Gasteiger partial charge is 0.454 e. The normalized spacial score (nSPS) is 22.9. The number of benzene rings is 2. The number of ether oxygens (including phenoxy) is 2. The van der Waals surface area contributed by atoms with E-state index in [9.17, 15) is 0 Å². The molecule has 1 aliphatic heterocycles. The van der Waals surface area contributed by atoms with Gasteiger partial charge in [-0.25, -0.2) is 0 Å². The van der Waals surface area contributed by atoms with Gasteiger partial charge in [0.2, 0.25) is 6.79 Å². The molecule has 0 radical (unpaired) electrons. The molecular weight excluding hydrogens is 250 g/mol. The first kappa shape index (κ1) is 11.8. The third-order valence-corrected chi connectivity index (χ3v) is 4.37. The quantitative estimate of drug-likeness (QED) is 0.906. The molecule has 0 saturated carbocycles. The SMILES string of the molecule is CN[C@@H]1C[C@@H](c2ccc3c(c2)OCO3)c2ccccc21. The van der Waals surface area contributed by atoms with Crippen LogP contribution >= 0.6 is 0 Å². The van der Waals surface area contributed by atoms with Crippen molar-refractivity contribution in [2.45, 2.75) is 18.4 Å². The summed E-state index contributed by atoms with van der Waals surface area (Å²) in [6, 6.07) is 15.4. The Bertz CT molecular complexity index is 653. The second kappa shape index (κ2) is 4.53. The van der Waals surface area contributed by atoms with Crippen molar-refractivity contribution in [1.29, 1.82) is 0 Å². The third-order valence-electron chi connectivity index (χ3n) is 4.37. The van der Waals surface area contributed by atoms with Crippen LogP contribution in [-0.4, -0.2) is 13.8 Å². The number of hydrogen-bond donors (Lipinski definition) is 1. The summed E-state index contributed by atoms with van der Waals surface area (Å²) < 4.78 is 10.9. The van der Waals surface area contributed by atoms with Crippen LogP contribution in [0.5, 0.6) is 11.5 Å². The fourth-order valence-electron chi connectivity index (χ4n) is 3.35. The van der Waals surface area contributed by atoms with E-state index in [0.29, 0.717) is 18.8 Å². The van der Waals surface area contributed by atoms with Crippen LogP contribution in [0.3, 0.4) is 0 Å². The van der Waals surface area contributed by atoms with Crippen molar-refractivity contribution in [2.75, 3.05) is 13.8 Å². The van der Waals surface area contributed by atoms with Gasteiger partial charge in [-0.1, -0.05) is 30.3 Å². The molecule has 1 aliphatic carbocycles. The lowest BCUT2D eigenvalue weighted by molar-refractivity contribution is 0.174. The van der Waals surface area contributed by atoms with Gasteiger partial charge in [0.15, 0.2) is 11.5 Å². The summed E-state index contributed by atoms with van der Waals surface area (Å²) in [7, 11) is 2.03. The van der Waals surface area contributed by atoms with E-state index in [4.69, 9.17) is 9.47 Å². The monoisotopic (exact) mass is 267 g/mol. The summed E-state index contributed by atoms with van der Waals surface area (Å²) in [5.41, 5.74) is 4.14. The lowest BCUT2D eigenvalue weighted by Gasteiger charge is -2.13. The fraction of sp³-hybridized carbons (Fsp3) is 0.294. The van der Waals surface area contributed by atoms with Crippen LogP contribution in [0.25, 0.3) is 0 Å². The highest BCUT2D eigenvalue weighted by Gasteiger charge is 2.31. The highest BCUT2D eigenvalue weighted by Crippen LogP contribution is 2.45. The average Bonchev–Trinajstić information content (AvgIpc) is 3.10. The lowest BCUT2D eigenvalue weighted by Crippen LogP contribution is -2.13. The molecule has 0 aromatic heterocycles. The zero-order chi connectivity index (χ0) is 13.5. The van der Waals surface area contributed by atoms with Gasteiger partial charge in [-0.2, -0.15) is 0 Å². The van der Waals surface area contributed by atoms with Crippen molar-refractivity contribution in [2.24, 2.45) is 0 Å². The van der Waals surface area contributed by atoms with E-state index >= 15 is 0 Å². The first-order chi connectivity index (χ1) is 9.86. The Labute approximate surface area is 118 Å². The first-order valence-electron chi connectivity index (χ1n) is 7.02. The Balaban J connectivity index is 1.76. The van der Waals surface area contributed by atoms with Crippen LogP contribution in [0.1, 0.15) is 35.1 Å². The van der Waals surface area contributed by atoms with Gasteiger partial charge in [-0.05, 0) is 42.3 Å². The molecule has 3 nitrogen and oxygen atoms in total. The smallest absolute Gasteiger partial charge is 0.231 e. The van der Waals surface area contributed by atoms with Crippen molar-refractivity contribution < 1.29 is 9.47 Å². The molecule has 0 spiro atoms. The number of rotatable bonds is 2. The van der Waals surface area contributed by atoms with Crippen molar-refractivity contribution in [1.82, 2.24) is 5.32 Å². The van der Waals surface area contributed by atoms with Crippen molar-refractivity contribution in [3.63, 3.8) is 0 Å². The minimum absolute atomic E-state index is 0.333. The Kier molecular flexibility index (Phi) is 2.67. The fourth-order valence-corrected chi connectivity index (χ4v) is 3.35. The van der Waals surface area contributed by atoms with Gasteiger partial charge >= 0.3 is 0 Å². The Morgan fingerprint density at radius 2 is 1.80 bits per heavy atom. The maximum absolute atomic E-state index is 5.50. The second-order valence-electron chi connectivity index (χ2n) is 5.37. The van der Waals surface area contributed by atoms with Gasteiger partial charge in [0.1, 0.15) is 0 Å². The summed E-state index contributed by atoms with van der Waals surface area (Å²) in [4.78, 5) is 0. The van der Waals surface area contributed by atoms with Gasteiger partial charge < -0.3 is 14.8 Å². The molecule has 1 heterocycles. The van der Waals surface area contributed by atoms with E-state index in [0.717, 1.165) is 17.9 Å². The molecule has 4 rings (SSSR count). The molecule has 3 heteroatoms. The lowest BCUT2D eigenvalue weighted by atomic mass is 9.93. The van der Waals surface area contributed by atoms with Crippen molar-refractivity contribution in [3.8, 4) is 11.5 Å². The van der Waals surface area contributed by atoms with Gasteiger partial charge in [0.05, 0.1) is 0 Å². The van der Waals surface area contributed by atoms with Crippen LogP contribution in [-0.2, 0) is 0 Å². The summed E-state index contributed by atoms with van der Waals surface area (Å²) in [5, 5.41) is 3.42. The number of nitrogens with one attached hydrogen (secondary N) is 1. The molecule has 2 aliphatic rings. The Morgan fingerprint density at radius 1 is 1.00 bits per heavy atom. The van der Waals surface area contributed by atoms with Crippen LogP contribution in [0.2, 0.25) is 0 Å². The molecule has 2 aromatic carbocycles. The molecule has 2 atom stereocenters. The topological polar surface area (TPSA) is 30.5 Å². The molecule has 2 aromatic rings. The highest BCUT2D eigenvalue weighted by atomic mass is 16.7. The Hall–Kier alpha value is -2.00. The zero-order valence-corrected chi connectivity index (χ0v) is 11.4. The first-order valence-corrected chi connectivity index (χ1v) is 7.02. The second-order valence-corrected chi connectivity index (χ2v) is 5.37. The summed E-state index contributed by atoms with van der Waals surface area (Å²) >= 11 is 0. The molecule has 0 saturated heterocycles. The minimum Gasteiger partial charge on any atom is -0.454 e. The minimum atomic E-state index is 0.333. The average molecular weight is 267 g/mol. The standard InChI is InChI=1S/C17H17NO2/c1-18-15-9-14(12-4-2-3-5-13(12)15)11-6-7-16-17(8-11)20-10-19-16/h2-8,14-15,18H,9-10H2,1H3/t14-,15+/m0/s1. The summed E-state index contributed by atoms with van der Waals surface area (Å²) in [6.07, 6.45) is 1.09. The van der Waals surface area contributed by atoms with Crippen LogP contribution in [0.15, 0.2) is 42.5 Å². The zero-order valence-electron chi connectivity index (χ0n) is 11.4. The van der Waals surface area contributed by atoms with Crippen LogP contribution in [0, 0.1) is 0 Å². The third kappa shape index (κ3) is 1.70. The summed E-state index contributed by atoms with van der Waals surface area (Å²) in [6.45, 7) is 0.333. The maximum atomic E-state index is 5.50.